The van der Waals surface area contributed by atoms with Gasteiger partial charge in [-0.15, -0.1) is 0 Å². The molecule has 2 heterocycles. The van der Waals surface area contributed by atoms with E-state index >= 15 is 0 Å². The molecule has 2 aromatic rings. The quantitative estimate of drug-likeness (QED) is 0.704. The SMILES string of the molecule is Cc1ccc2nc3n(c2c1)CCC(N)C3. The summed E-state index contributed by atoms with van der Waals surface area (Å²) in [6.45, 7) is 3.13. The van der Waals surface area contributed by atoms with Crippen LogP contribution in [0.25, 0.3) is 11.0 Å². The molecule has 1 aromatic heterocycles. The van der Waals surface area contributed by atoms with Crippen LogP contribution in [0.2, 0.25) is 0 Å². The summed E-state index contributed by atoms with van der Waals surface area (Å²) in [5.74, 6) is 1.15. The predicted octanol–water partition coefficient (Wildman–Crippen LogP) is 1.62. The lowest BCUT2D eigenvalue weighted by Gasteiger charge is -2.20. The van der Waals surface area contributed by atoms with Gasteiger partial charge in [-0.3, -0.25) is 0 Å². The maximum absolute atomic E-state index is 5.95. The maximum atomic E-state index is 5.95. The Hall–Kier alpha value is -1.35. The second kappa shape index (κ2) is 3.07. The van der Waals surface area contributed by atoms with Crippen LogP contribution in [0.15, 0.2) is 18.2 Å². The monoisotopic (exact) mass is 201 g/mol. The van der Waals surface area contributed by atoms with Gasteiger partial charge in [0.2, 0.25) is 0 Å². The number of hydrogen-bond acceptors (Lipinski definition) is 2. The number of aryl methyl sites for hydroxylation is 2. The fourth-order valence-corrected chi connectivity index (χ4v) is 2.32. The van der Waals surface area contributed by atoms with E-state index in [1.165, 1.54) is 11.1 Å². The van der Waals surface area contributed by atoms with Crippen molar-refractivity contribution < 1.29 is 0 Å². The average molecular weight is 201 g/mol. The summed E-state index contributed by atoms with van der Waals surface area (Å²) >= 11 is 0. The zero-order valence-electron chi connectivity index (χ0n) is 8.90. The number of hydrogen-bond donors (Lipinski definition) is 1. The van der Waals surface area contributed by atoms with E-state index in [9.17, 15) is 0 Å². The zero-order valence-corrected chi connectivity index (χ0v) is 8.90. The van der Waals surface area contributed by atoms with Crippen LogP contribution in [0.3, 0.4) is 0 Å². The summed E-state index contributed by atoms with van der Waals surface area (Å²) in [6.07, 6.45) is 1.97. The zero-order chi connectivity index (χ0) is 10.4. The van der Waals surface area contributed by atoms with Gasteiger partial charge in [0.25, 0.3) is 0 Å². The highest BCUT2D eigenvalue weighted by atomic mass is 15.1. The van der Waals surface area contributed by atoms with Crippen LogP contribution in [0.1, 0.15) is 17.8 Å². The summed E-state index contributed by atoms with van der Waals surface area (Å²) in [5.41, 5.74) is 9.60. The lowest BCUT2D eigenvalue weighted by Crippen LogP contribution is -2.30. The van der Waals surface area contributed by atoms with E-state index in [1.807, 2.05) is 0 Å². The predicted molar refractivity (Wildman–Crippen MR) is 60.8 cm³/mol. The molecule has 3 nitrogen and oxygen atoms in total. The molecule has 1 aliphatic rings. The molecule has 3 heteroatoms. The van der Waals surface area contributed by atoms with Crippen molar-refractivity contribution in [2.24, 2.45) is 5.73 Å². The van der Waals surface area contributed by atoms with Gasteiger partial charge in [0.05, 0.1) is 11.0 Å². The van der Waals surface area contributed by atoms with Gasteiger partial charge in [0.1, 0.15) is 5.82 Å². The first-order chi connectivity index (χ1) is 7.24. The Labute approximate surface area is 88.9 Å². The molecule has 0 aliphatic carbocycles. The number of benzene rings is 1. The van der Waals surface area contributed by atoms with Crippen LogP contribution in [0.5, 0.6) is 0 Å². The number of nitrogens with zero attached hydrogens (tertiary/aromatic N) is 2. The van der Waals surface area contributed by atoms with Gasteiger partial charge < -0.3 is 10.3 Å². The molecule has 0 saturated heterocycles. The first-order valence-corrected chi connectivity index (χ1v) is 5.45. The Bertz CT molecular complexity index is 513. The van der Waals surface area contributed by atoms with Crippen molar-refractivity contribution in [1.29, 1.82) is 0 Å². The smallest absolute Gasteiger partial charge is 0.111 e. The molecule has 1 aliphatic heterocycles. The molecule has 3 rings (SSSR count). The summed E-state index contributed by atoms with van der Waals surface area (Å²) in [6, 6.07) is 6.71. The van der Waals surface area contributed by atoms with E-state index in [0.717, 1.165) is 30.7 Å². The first kappa shape index (κ1) is 8.92. The number of aromatic nitrogens is 2. The molecule has 0 spiro atoms. The maximum Gasteiger partial charge on any atom is 0.111 e. The molecule has 0 bridgehead atoms. The summed E-state index contributed by atoms with van der Waals surface area (Å²) in [7, 11) is 0. The van der Waals surface area contributed by atoms with E-state index in [1.54, 1.807) is 0 Å². The lowest BCUT2D eigenvalue weighted by atomic mass is 10.1. The van der Waals surface area contributed by atoms with Crippen molar-refractivity contribution >= 4 is 11.0 Å². The topological polar surface area (TPSA) is 43.8 Å². The molecule has 1 aromatic carbocycles. The van der Waals surface area contributed by atoms with Crippen LogP contribution >= 0.6 is 0 Å². The summed E-state index contributed by atoms with van der Waals surface area (Å²) in [4.78, 5) is 4.63. The minimum atomic E-state index is 0.287. The Kier molecular flexibility index (Phi) is 1.83. The van der Waals surface area contributed by atoms with Crippen molar-refractivity contribution in [3.05, 3.63) is 29.6 Å². The lowest BCUT2D eigenvalue weighted by molar-refractivity contribution is 0.471. The van der Waals surface area contributed by atoms with Gasteiger partial charge >= 0.3 is 0 Å². The standard InChI is InChI=1S/C12H15N3/c1-8-2-3-10-11(6-8)15-5-4-9(13)7-12(15)14-10/h2-3,6,9H,4-5,7,13H2,1H3. The molecule has 0 amide bonds. The molecule has 1 atom stereocenters. The van der Waals surface area contributed by atoms with Gasteiger partial charge in [-0.2, -0.15) is 0 Å². The second-order valence-corrected chi connectivity index (χ2v) is 4.42. The number of fused-ring (bicyclic) bond motifs is 3. The number of nitrogens with two attached hydrogens (primary N) is 1. The molecule has 2 N–H and O–H groups in total. The highest BCUT2D eigenvalue weighted by Gasteiger charge is 2.18. The normalized spacial score (nSPS) is 20.5. The van der Waals surface area contributed by atoms with Crippen molar-refractivity contribution in [2.75, 3.05) is 0 Å². The first-order valence-electron chi connectivity index (χ1n) is 5.45. The molecule has 0 radical (unpaired) electrons. The molecule has 0 saturated carbocycles. The Morgan fingerprint density at radius 1 is 1.47 bits per heavy atom. The van der Waals surface area contributed by atoms with Gasteiger partial charge in [-0.05, 0) is 31.0 Å². The Morgan fingerprint density at radius 3 is 3.20 bits per heavy atom. The van der Waals surface area contributed by atoms with E-state index in [4.69, 9.17) is 5.73 Å². The minimum absolute atomic E-state index is 0.287. The fourth-order valence-electron chi connectivity index (χ4n) is 2.32. The van der Waals surface area contributed by atoms with Crippen molar-refractivity contribution in [2.45, 2.75) is 32.4 Å². The Morgan fingerprint density at radius 2 is 2.33 bits per heavy atom. The second-order valence-electron chi connectivity index (χ2n) is 4.42. The summed E-state index contributed by atoms with van der Waals surface area (Å²) in [5, 5.41) is 0. The van der Waals surface area contributed by atoms with E-state index in [2.05, 4.69) is 34.7 Å². The third-order valence-electron chi connectivity index (χ3n) is 3.15. The van der Waals surface area contributed by atoms with Crippen LogP contribution in [0, 0.1) is 6.92 Å². The van der Waals surface area contributed by atoms with Crippen molar-refractivity contribution in [1.82, 2.24) is 9.55 Å². The van der Waals surface area contributed by atoms with Gasteiger partial charge in [0, 0.05) is 19.0 Å². The van der Waals surface area contributed by atoms with E-state index in [0.29, 0.717) is 0 Å². The van der Waals surface area contributed by atoms with Crippen LogP contribution in [0.4, 0.5) is 0 Å². The molecule has 0 fully saturated rings. The van der Waals surface area contributed by atoms with Crippen LogP contribution in [-0.4, -0.2) is 15.6 Å². The molecule has 15 heavy (non-hydrogen) atoms. The average Bonchev–Trinajstić information content (AvgIpc) is 2.54. The van der Waals surface area contributed by atoms with Crippen LogP contribution < -0.4 is 5.73 Å². The fraction of sp³-hybridized carbons (Fsp3) is 0.417. The molecule has 78 valence electrons. The summed E-state index contributed by atoms with van der Waals surface area (Å²) < 4.78 is 2.31. The van der Waals surface area contributed by atoms with E-state index in [-0.39, 0.29) is 6.04 Å². The van der Waals surface area contributed by atoms with Crippen molar-refractivity contribution in [3.63, 3.8) is 0 Å². The highest BCUT2D eigenvalue weighted by molar-refractivity contribution is 5.77. The number of imidazole rings is 1. The molecular formula is C12H15N3. The number of rotatable bonds is 0. The Balaban J connectivity index is 2.24. The third-order valence-corrected chi connectivity index (χ3v) is 3.15. The third kappa shape index (κ3) is 1.35. The molecular weight excluding hydrogens is 186 g/mol. The largest absolute Gasteiger partial charge is 0.328 e. The van der Waals surface area contributed by atoms with Gasteiger partial charge in [0.15, 0.2) is 0 Å². The minimum Gasteiger partial charge on any atom is -0.328 e. The van der Waals surface area contributed by atoms with Crippen LogP contribution in [-0.2, 0) is 13.0 Å². The van der Waals surface area contributed by atoms with Gasteiger partial charge in [-0.1, -0.05) is 6.07 Å². The molecule has 1 unspecified atom stereocenters. The highest BCUT2D eigenvalue weighted by Crippen LogP contribution is 2.22. The van der Waals surface area contributed by atoms with E-state index < -0.39 is 0 Å². The van der Waals surface area contributed by atoms with Gasteiger partial charge in [-0.25, -0.2) is 4.98 Å². The van der Waals surface area contributed by atoms with Crippen molar-refractivity contribution in [3.8, 4) is 0 Å².